The van der Waals surface area contributed by atoms with Crippen LogP contribution in [-0.4, -0.2) is 43.5 Å². The van der Waals surface area contributed by atoms with Gasteiger partial charge in [0, 0.05) is 37.8 Å². The predicted octanol–water partition coefficient (Wildman–Crippen LogP) is 1.24. The highest BCUT2D eigenvalue weighted by atomic mass is 16.5. The van der Waals surface area contributed by atoms with E-state index in [0.717, 1.165) is 6.42 Å². The minimum absolute atomic E-state index is 0.123. The van der Waals surface area contributed by atoms with Crippen LogP contribution in [0.4, 0.5) is 0 Å². The fourth-order valence-corrected chi connectivity index (χ4v) is 2.17. The molecule has 1 saturated heterocycles. The van der Waals surface area contributed by atoms with Gasteiger partial charge in [0.05, 0.1) is 6.61 Å². The smallest absolute Gasteiger partial charge is 0.251 e. The number of carbonyl (C=O) groups is 1. The molecule has 1 unspecified atom stereocenters. The summed E-state index contributed by atoms with van der Waals surface area (Å²) < 4.78 is 10.8. The van der Waals surface area contributed by atoms with E-state index in [4.69, 9.17) is 9.47 Å². The molecule has 1 heterocycles. The third kappa shape index (κ3) is 2.88. The highest BCUT2D eigenvalue weighted by Crippen LogP contribution is 2.22. The van der Waals surface area contributed by atoms with Crippen LogP contribution in [-0.2, 0) is 9.47 Å². The van der Waals surface area contributed by atoms with Gasteiger partial charge in [-0.15, -0.1) is 0 Å². The fourth-order valence-electron chi connectivity index (χ4n) is 2.17. The van der Waals surface area contributed by atoms with E-state index in [-0.39, 0.29) is 11.7 Å². The van der Waals surface area contributed by atoms with Gasteiger partial charge >= 0.3 is 0 Å². The van der Waals surface area contributed by atoms with E-state index in [1.807, 2.05) is 0 Å². The van der Waals surface area contributed by atoms with Gasteiger partial charge in [0.2, 0.25) is 0 Å². The summed E-state index contributed by atoms with van der Waals surface area (Å²) in [6, 6.07) is 4.91. The van der Waals surface area contributed by atoms with E-state index in [0.29, 0.717) is 30.9 Å². The van der Waals surface area contributed by atoms with Gasteiger partial charge in [0.15, 0.2) is 0 Å². The molecular formula is C14H19NO4. The van der Waals surface area contributed by atoms with Crippen LogP contribution in [0.1, 0.15) is 22.3 Å². The maximum atomic E-state index is 12.1. The number of ether oxygens (including phenoxy) is 2. The van der Waals surface area contributed by atoms with Crippen LogP contribution in [0.3, 0.4) is 0 Å². The van der Waals surface area contributed by atoms with Gasteiger partial charge in [0.25, 0.3) is 5.91 Å². The summed E-state index contributed by atoms with van der Waals surface area (Å²) in [4.78, 5) is 12.1. The molecule has 1 aliphatic rings. The Kier molecular flexibility index (Phi) is 4.07. The summed E-state index contributed by atoms with van der Waals surface area (Å²) in [6.07, 6.45) is 0.767. The van der Waals surface area contributed by atoms with Crippen LogP contribution in [0.15, 0.2) is 18.2 Å². The topological polar surface area (TPSA) is 67.8 Å². The Morgan fingerprint density at radius 3 is 3.00 bits per heavy atom. The number of methoxy groups -OCH3 is 1. The van der Waals surface area contributed by atoms with Crippen molar-refractivity contribution in [2.24, 2.45) is 0 Å². The Labute approximate surface area is 112 Å². The first-order valence-corrected chi connectivity index (χ1v) is 6.28. The number of rotatable bonds is 4. The normalized spacial score (nSPS) is 22.4. The molecule has 0 aliphatic carbocycles. The quantitative estimate of drug-likeness (QED) is 0.859. The van der Waals surface area contributed by atoms with Crippen LogP contribution in [0.2, 0.25) is 0 Å². The van der Waals surface area contributed by atoms with Crippen molar-refractivity contribution < 1.29 is 19.4 Å². The Bertz CT molecular complexity index is 467. The molecule has 1 aliphatic heterocycles. The van der Waals surface area contributed by atoms with Crippen LogP contribution >= 0.6 is 0 Å². The maximum absolute atomic E-state index is 12.1. The lowest BCUT2D eigenvalue weighted by atomic mass is 10.0. The molecule has 0 spiro atoms. The van der Waals surface area contributed by atoms with Crippen molar-refractivity contribution in [3.05, 3.63) is 29.3 Å². The van der Waals surface area contributed by atoms with Crippen LogP contribution < -0.4 is 5.32 Å². The Hall–Kier alpha value is -1.59. The van der Waals surface area contributed by atoms with Gasteiger partial charge in [-0.1, -0.05) is 6.07 Å². The SMILES string of the molecule is COC1(CNC(=O)c2cccc(O)c2C)CCOC1. The minimum atomic E-state index is -0.430. The molecule has 2 rings (SSSR count). The molecule has 0 saturated carbocycles. The number of aromatic hydroxyl groups is 1. The number of carbonyl (C=O) groups excluding carboxylic acids is 1. The molecule has 1 amide bonds. The number of benzene rings is 1. The van der Waals surface area contributed by atoms with Gasteiger partial charge in [-0.05, 0) is 19.1 Å². The number of hydrogen-bond donors (Lipinski definition) is 2. The maximum Gasteiger partial charge on any atom is 0.251 e. The molecule has 5 nitrogen and oxygen atoms in total. The number of phenolic OH excluding ortho intramolecular Hbond substituents is 1. The number of amides is 1. The average Bonchev–Trinajstić information content (AvgIpc) is 2.89. The molecule has 0 aromatic heterocycles. The Morgan fingerprint density at radius 1 is 1.58 bits per heavy atom. The van der Waals surface area contributed by atoms with Crippen molar-refractivity contribution >= 4 is 5.91 Å². The second kappa shape index (κ2) is 5.59. The highest BCUT2D eigenvalue weighted by Gasteiger charge is 2.35. The first kappa shape index (κ1) is 13.8. The van der Waals surface area contributed by atoms with Gasteiger partial charge in [-0.25, -0.2) is 0 Å². The lowest BCUT2D eigenvalue weighted by Crippen LogP contribution is -2.45. The van der Waals surface area contributed by atoms with Crippen molar-refractivity contribution in [1.82, 2.24) is 5.32 Å². The summed E-state index contributed by atoms with van der Waals surface area (Å²) >= 11 is 0. The zero-order valence-electron chi connectivity index (χ0n) is 11.2. The molecule has 1 fully saturated rings. The van der Waals surface area contributed by atoms with E-state index in [1.165, 1.54) is 0 Å². The molecule has 0 radical (unpaired) electrons. The number of nitrogens with one attached hydrogen (secondary N) is 1. The predicted molar refractivity (Wildman–Crippen MR) is 70.4 cm³/mol. The van der Waals surface area contributed by atoms with Gasteiger partial charge in [-0.2, -0.15) is 0 Å². The third-order valence-corrected chi connectivity index (χ3v) is 3.62. The molecule has 19 heavy (non-hydrogen) atoms. The summed E-state index contributed by atoms with van der Waals surface area (Å²) in [7, 11) is 1.63. The highest BCUT2D eigenvalue weighted by molar-refractivity contribution is 5.96. The molecule has 5 heteroatoms. The van der Waals surface area contributed by atoms with Crippen molar-refractivity contribution in [3.8, 4) is 5.75 Å². The fraction of sp³-hybridized carbons (Fsp3) is 0.500. The van der Waals surface area contributed by atoms with E-state index in [1.54, 1.807) is 32.2 Å². The van der Waals surface area contributed by atoms with Crippen molar-refractivity contribution in [1.29, 1.82) is 0 Å². The van der Waals surface area contributed by atoms with Gasteiger partial charge in [0.1, 0.15) is 11.4 Å². The standard InChI is InChI=1S/C14H19NO4/c1-10-11(4-3-5-12(10)16)13(17)15-8-14(18-2)6-7-19-9-14/h3-5,16H,6-9H2,1-2H3,(H,15,17). The van der Waals surface area contributed by atoms with Crippen molar-refractivity contribution in [3.63, 3.8) is 0 Å². The number of hydrogen-bond acceptors (Lipinski definition) is 4. The zero-order valence-corrected chi connectivity index (χ0v) is 11.2. The molecule has 1 aromatic rings. The lowest BCUT2D eigenvalue weighted by molar-refractivity contribution is -0.0148. The molecule has 104 valence electrons. The largest absolute Gasteiger partial charge is 0.508 e. The first-order valence-electron chi connectivity index (χ1n) is 6.28. The van der Waals surface area contributed by atoms with Crippen molar-refractivity contribution in [2.75, 3.05) is 26.9 Å². The summed E-state index contributed by atoms with van der Waals surface area (Å²) in [5, 5.41) is 12.4. The van der Waals surface area contributed by atoms with Crippen LogP contribution in [0.25, 0.3) is 0 Å². The Morgan fingerprint density at radius 2 is 2.37 bits per heavy atom. The molecule has 1 aromatic carbocycles. The van der Waals surface area contributed by atoms with E-state index < -0.39 is 5.60 Å². The summed E-state index contributed by atoms with van der Waals surface area (Å²) in [6.45, 7) is 3.25. The van der Waals surface area contributed by atoms with Crippen LogP contribution in [0.5, 0.6) is 5.75 Å². The molecule has 0 bridgehead atoms. The Balaban J connectivity index is 2.03. The minimum Gasteiger partial charge on any atom is -0.508 e. The van der Waals surface area contributed by atoms with E-state index in [9.17, 15) is 9.90 Å². The second-order valence-electron chi connectivity index (χ2n) is 4.82. The second-order valence-corrected chi connectivity index (χ2v) is 4.82. The van der Waals surface area contributed by atoms with E-state index >= 15 is 0 Å². The van der Waals surface area contributed by atoms with E-state index in [2.05, 4.69) is 5.32 Å². The molecule has 2 N–H and O–H groups in total. The molecular weight excluding hydrogens is 246 g/mol. The monoisotopic (exact) mass is 265 g/mol. The van der Waals surface area contributed by atoms with Gasteiger partial charge in [-0.3, -0.25) is 4.79 Å². The van der Waals surface area contributed by atoms with Crippen LogP contribution in [0, 0.1) is 6.92 Å². The van der Waals surface area contributed by atoms with Crippen molar-refractivity contribution in [2.45, 2.75) is 18.9 Å². The summed E-state index contributed by atoms with van der Waals surface area (Å²) in [5.74, 6) is -0.0879. The number of phenols is 1. The van der Waals surface area contributed by atoms with Gasteiger partial charge < -0.3 is 19.9 Å². The average molecular weight is 265 g/mol. The molecule has 1 atom stereocenters. The zero-order chi connectivity index (χ0) is 13.9. The summed E-state index contributed by atoms with van der Waals surface area (Å²) in [5.41, 5.74) is 0.625. The third-order valence-electron chi connectivity index (χ3n) is 3.62. The lowest BCUT2D eigenvalue weighted by Gasteiger charge is -2.26. The first-order chi connectivity index (χ1) is 9.08.